The maximum atomic E-state index is 12.0. The maximum absolute atomic E-state index is 12.0. The standard InChI is InChI=1S/C19H17Cl2N3O3/c1-26-14-4-2-3-13(10-14)19-23-18(27-24-19)11-22-17(25)8-6-12-5-7-15(20)16(21)9-12/h2-5,7,9-10H,6,8,11H2,1H3,(H,22,25). The number of rotatable bonds is 7. The topological polar surface area (TPSA) is 77.3 Å². The molecule has 2 aromatic carbocycles. The first kappa shape index (κ1) is 19.2. The van der Waals surface area contributed by atoms with E-state index in [2.05, 4.69) is 15.5 Å². The van der Waals surface area contributed by atoms with Crippen LogP contribution in [0.2, 0.25) is 10.0 Å². The summed E-state index contributed by atoms with van der Waals surface area (Å²) in [6.45, 7) is 0.164. The summed E-state index contributed by atoms with van der Waals surface area (Å²) in [6, 6.07) is 12.7. The largest absolute Gasteiger partial charge is 0.497 e. The van der Waals surface area contributed by atoms with E-state index in [1.807, 2.05) is 30.3 Å². The molecule has 140 valence electrons. The highest BCUT2D eigenvalue weighted by atomic mass is 35.5. The summed E-state index contributed by atoms with van der Waals surface area (Å²) < 4.78 is 10.4. The van der Waals surface area contributed by atoms with E-state index in [4.69, 9.17) is 32.5 Å². The Morgan fingerprint density at radius 3 is 2.81 bits per heavy atom. The lowest BCUT2D eigenvalue weighted by Gasteiger charge is -2.04. The smallest absolute Gasteiger partial charge is 0.246 e. The summed E-state index contributed by atoms with van der Waals surface area (Å²) in [4.78, 5) is 16.3. The molecule has 0 atom stereocenters. The van der Waals surface area contributed by atoms with Gasteiger partial charge in [-0.25, -0.2) is 0 Å². The zero-order valence-electron chi connectivity index (χ0n) is 14.5. The van der Waals surface area contributed by atoms with Gasteiger partial charge in [0.25, 0.3) is 0 Å². The number of halogens is 2. The quantitative estimate of drug-likeness (QED) is 0.633. The van der Waals surface area contributed by atoms with Crippen LogP contribution in [0.1, 0.15) is 17.9 Å². The van der Waals surface area contributed by atoms with Crippen molar-refractivity contribution in [2.24, 2.45) is 0 Å². The average Bonchev–Trinajstić information content (AvgIpc) is 3.16. The van der Waals surface area contributed by atoms with Crippen molar-refractivity contribution in [3.8, 4) is 17.1 Å². The third-order valence-electron chi connectivity index (χ3n) is 3.86. The Hall–Kier alpha value is -2.57. The van der Waals surface area contributed by atoms with Gasteiger partial charge in [-0.05, 0) is 36.2 Å². The molecule has 0 aliphatic heterocycles. The van der Waals surface area contributed by atoms with Crippen LogP contribution in [0.15, 0.2) is 47.0 Å². The van der Waals surface area contributed by atoms with E-state index in [9.17, 15) is 4.79 Å². The van der Waals surface area contributed by atoms with Crippen LogP contribution in [-0.4, -0.2) is 23.2 Å². The zero-order chi connectivity index (χ0) is 19.2. The highest BCUT2D eigenvalue weighted by molar-refractivity contribution is 6.42. The molecule has 0 bridgehead atoms. The molecule has 8 heteroatoms. The van der Waals surface area contributed by atoms with Crippen molar-refractivity contribution in [2.75, 3.05) is 7.11 Å². The molecule has 0 radical (unpaired) electrons. The first-order valence-corrected chi connectivity index (χ1v) is 8.98. The molecule has 0 spiro atoms. The van der Waals surface area contributed by atoms with E-state index in [0.717, 1.165) is 11.1 Å². The van der Waals surface area contributed by atoms with E-state index in [1.54, 1.807) is 19.2 Å². The van der Waals surface area contributed by atoms with Gasteiger partial charge in [0.15, 0.2) is 0 Å². The third kappa shape index (κ3) is 5.21. The molecule has 27 heavy (non-hydrogen) atoms. The Balaban J connectivity index is 1.51. The molecule has 1 amide bonds. The summed E-state index contributed by atoms with van der Waals surface area (Å²) >= 11 is 11.9. The van der Waals surface area contributed by atoms with Crippen LogP contribution in [0.5, 0.6) is 5.75 Å². The number of benzene rings is 2. The molecule has 1 N–H and O–H groups in total. The van der Waals surface area contributed by atoms with Gasteiger partial charge < -0.3 is 14.6 Å². The maximum Gasteiger partial charge on any atom is 0.246 e. The fourth-order valence-corrected chi connectivity index (χ4v) is 2.74. The normalized spacial score (nSPS) is 10.6. The van der Waals surface area contributed by atoms with Crippen LogP contribution in [0, 0.1) is 0 Å². The number of amides is 1. The van der Waals surface area contributed by atoms with Crippen LogP contribution in [-0.2, 0) is 17.8 Å². The Morgan fingerprint density at radius 1 is 1.19 bits per heavy atom. The summed E-state index contributed by atoms with van der Waals surface area (Å²) in [5.74, 6) is 1.35. The summed E-state index contributed by atoms with van der Waals surface area (Å²) in [5.41, 5.74) is 1.72. The Morgan fingerprint density at radius 2 is 2.04 bits per heavy atom. The predicted molar refractivity (Wildman–Crippen MR) is 103 cm³/mol. The number of methoxy groups -OCH3 is 1. The third-order valence-corrected chi connectivity index (χ3v) is 4.60. The lowest BCUT2D eigenvalue weighted by molar-refractivity contribution is -0.121. The van der Waals surface area contributed by atoms with E-state index in [-0.39, 0.29) is 12.5 Å². The summed E-state index contributed by atoms with van der Waals surface area (Å²) in [5, 5.41) is 7.67. The Labute approximate surface area is 166 Å². The van der Waals surface area contributed by atoms with Gasteiger partial charge in [0.05, 0.1) is 23.7 Å². The lowest BCUT2D eigenvalue weighted by Crippen LogP contribution is -2.23. The second kappa shape index (κ2) is 8.88. The summed E-state index contributed by atoms with van der Waals surface area (Å²) in [6.07, 6.45) is 0.871. The van der Waals surface area contributed by atoms with Gasteiger partial charge in [0.2, 0.25) is 17.6 Å². The highest BCUT2D eigenvalue weighted by Gasteiger charge is 2.11. The van der Waals surface area contributed by atoms with Gasteiger partial charge in [0, 0.05) is 12.0 Å². The molecule has 0 aliphatic rings. The van der Waals surface area contributed by atoms with Crippen LogP contribution in [0.25, 0.3) is 11.4 Å². The molecule has 0 aliphatic carbocycles. The minimum absolute atomic E-state index is 0.123. The lowest BCUT2D eigenvalue weighted by atomic mass is 10.1. The second-order valence-corrected chi connectivity index (χ2v) is 6.58. The van der Waals surface area contributed by atoms with Gasteiger partial charge in [0.1, 0.15) is 5.75 Å². The number of aromatic nitrogens is 2. The predicted octanol–water partition coefficient (Wildman–Crippen LogP) is 4.30. The van der Waals surface area contributed by atoms with E-state index in [0.29, 0.717) is 40.4 Å². The number of nitrogens with one attached hydrogen (secondary N) is 1. The first-order valence-electron chi connectivity index (χ1n) is 8.23. The molecule has 1 heterocycles. The number of nitrogens with zero attached hydrogens (tertiary/aromatic N) is 2. The first-order chi connectivity index (χ1) is 13.0. The number of carbonyl (C=O) groups is 1. The van der Waals surface area contributed by atoms with Crippen LogP contribution in [0.3, 0.4) is 0 Å². The molecule has 6 nitrogen and oxygen atoms in total. The van der Waals surface area contributed by atoms with Gasteiger partial charge >= 0.3 is 0 Å². The van der Waals surface area contributed by atoms with Crippen molar-refractivity contribution in [3.63, 3.8) is 0 Å². The molecule has 0 saturated heterocycles. The van der Waals surface area contributed by atoms with Crippen LogP contribution < -0.4 is 10.1 Å². The number of ether oxygens (including phenoxy) is 1. The monoisotopic (exact) mass is 405 g/mol. The van der Waals surface area contributed by atoms with Gasteiger partial charge in [-0.15, -0.1) is 0 Å². The van der Waals surface area contributed by atoms with Gasteiger partial charge in [-0.3, -0.25) is 4.79 Å². The fourth-order valence-electron chi connectivity index (χ4n) is 2.42. The molecule has 0 saturated carbocycles. The van der Waals surface area contributed by atoms with Crippen molar-refractivity contribution in [2.45, 2.75) is 19.4 Å². The van der Waals surface area contributed by atoms with Crippen molar-refractivity contribution >= 4 is 29.1 Å². The van der Waals surface area contributed by atoms with Gasteiger partial charge in [-0.1, -0.05) is 46.6 Å². The van der Waals surface area contributed by atoms with Crippen molar-refractivity contribution in [1.82, 2.24) is 15.5 Å². The van der Waals surface area contributed by atoms with Crippen LogP contribution in [0.4, 0.5) is 0 Å². The molecular formula is C19H17Cl2N3O3. The fraction of sp³-hybridized carbons (Fsp3) is 0.211. The molecule has 1 aromatic heterocycles. The zero-order valence-corrected chi connectivity index (χ0v) is 16.0. The van der Waals surface area contributed by atoms with E-state index in [1.165, 1.54) is 0 Å². The van der Waals surface area contributed by atoms with E-state index < -0.39 is 0 Å². The van der Waals surface area contributed by atoms with Crippen molar-refractivity contribution in [1.29, 1.82) is 0 Å². The SMILES string of the molecule is COc1cccc(-c2noc(CNC(=O)CCc3ccc(Cl)c(Cl)c3)n2)c1. The number of aryl methyl sites for hydroxylation is 1. The molecule has 3 aromatic rings. The van der Waals surface area contributed by atoms with Crippen LogP contribution >= 0.6 is 23.2 Å². The van der Waals surface area contributed by atoms with Gasteiger partial charge in [-0.2, -0.15) is 4.98 Å². The molecule has 0 fully saturated rings. The average molecular weight is 406 g/mol. The van der Waals surface area contributed by atoms with Crippen molar-refractivity contribution in [3.05, 3.63) is 64.0 Å². The van der Waals surface area contributed by atoms with Crippen molar-refractivity contribution < 1.29 is 14.1 Å². The molecule has 3 rings (SSSR count). The van der Waals surface area contributed by atoms with E-state index >= 15 is 0 Å². The summed E-state index contributed by atoms with van der Waals surface area (Å²) in [7, 11) is 1.59. The number of hydrogen-bond donors (Lipinski definition) is 1. The highest BCUT2D eigenvalue weighted by Crippen LogP contribution is 2.23. The number of hydrogen-bond acceptors (Lipinski definition) is 5. The molecule has 0 unspecified atom stereocenters. The molecular weight excluding hydrogens is 389 g/mol. The minimum Gasteiger partial charge on any atom is -0.497 e. The Kier molecular flexibility index (Phi) is 6.32. The Bertz CT molecular complexity index is 943. The minimum atomic E-state index is -0.123. The number of carbonyl (C=O) groups excluding carboxylic acids is 1. The second-order valence-electron chi connectivity index (χ2n) is 5.77.